The van der Waals surface area contributed by atoms with Crippen molar-refractivity contribution in [2.24, 2.45) is 45.4 Å². The SMILES string of the molecule is C[C@]12CCC(O)CC1CC[C@@H]1[C@H]2CC[C@]2(C)C(/C=N/OCCCNC(=N)N)CC[C@@]12O. The predicted octanol–water partition coefficient (Wildman–Crippen LogP) is 3.00. The molecule has 31 heavy (non-hydrogen) atoms. The summed E-state index contributed by atoms with van der Waals surface area (Å²) < 4.78 is 0. The summed E-state index contributed by atoms with van der Waals surface area (Å²) in [5.74, 6) is 1.75. The van der Waals surface area contributed by atoms with E-state index < -0.39 is 5.60 Å². The molecule has 0 aromatic carbocycles. The number of oxime groups is 1. The van der Waals surface area contributed by atoms with Crippen molar-refractivity contribution in [2.45, 2.75) is 89.8 Å². The normalized spacial score (nSPS) is 46.8. The van der Waals surface area contributed by atoms with Gasteiger partial charge in [0, 0.05) is 30.5 Å². The Bertz CT molecular complexity index is 702. The van der Waals surface area contributed by atoms with Gasteiger partial charge < -0.3 is 26.1 Å². The van der Waals surface area contributed by atoms with Gasteiger partial charge in [0.15, 0.2) is 5.96 Å². The van der Waals surface area contributed by atoms with Crippen molar-refractivity contribution in [2.75, 3.05) is 13.2 Å². The zero-order valence-corrected chi connectivity index (χ0v) is 19.3. The second-order valence-corrected chi connectivity index (χ2v) is 11.2. The van der Waals surface area contributed by atoms with E-state index in [0.29, 0.717) is 30.9 Å². The average molecular weight is 435 g/mol. The van der Waals surface area contributed by atoms with E-state index in [1.165, 1.54) is 6.42 Å². The first kappa shape index (κ1) is 22.8. The zero-order chi connectivity index (χ0) is 22.3. The molecule has 0 aromatic heterocycles. The lowest BCUT2D eigenvalue weighted by Crippen LogP contribution is -2.62. The minimum absolute atomic E-state index is 0.0235. The lowest BCUT2D eigenvalue weighted by atomic mass is 9.43. The number of nitrogens with zero attached hydrogens (tertiary/aromatic N) is 1. The first-order chi connectivity index (χ1) is 14.7. The highest BCUT2D eigenvalue weighted by Gasteiger charge is 2.66. The second-order valence-electron chi connectivity index (χ2n) is 11.2. The van der Waals surface area contributed by atoms with Crippen LogP contribution in [0.3, 0.4) is 0 Å². The van der Waals surface area contributed by atoms with Crippen molar-refractivity contribution in [1.29, 1.82) is 5.41 Å². The minimum Gasteiger partial charge on any atom is -0.396 e. The molecule has 176 valence electrons. The van der Waals surface area contributed by atoms with Crippen molar-refractivity contribution < 1.29 is 15.1 Å². The molecule has 0 spiro atoms. The minimum atomic E-state index is -0.623. The zero-order valence-electron chi connectivity index (χ0n) is 19.3. The van der Waals surface area contributed by atoms with Gasteiger partial charge in [0.05, 0.1) is 11.7 Å². The van der Waals surface area contributed by atoms with Gasteiger partial charge in [-0.25, -0.2) is 0 Å². The van der Waals surface area contributed by atoms with E-state index >= 15 is 0 Å². The van der Waals surface area contributed by atoms with E-state index in [4.69, 9.17) is 16.0 Å². The number of nitrogens with one attached hydrogen (secondary N) is 2. The highest BCUT2D eigenvalue weighted by atomic mass is 16.6. The fourth-order valence-corrected chi connectivity index (χ4v) is 8.01. The van der Waals surface area contributed by atoms with Crippen LogP contribution in [0.1, 0.15) is 78.1 Å². The molecule has 8 atom stereocenters. The van der Waals surface area contributed by atoms with Gasteiger partial charge in [-0.05, 0) is 81.0 Å². The van der Waals surface area contributed by atoms with Crippen LogP contribution in [0.25, 0.3) is 0 Å². The highest BCUT2D eigenvalue weighted by Crippen LogP contribution is 2.68. The molecule has 0 heterocycles. The van der Waals surface area contributed by atoms with Gasteiger partial charge in [0.2, 0.25) is 0 Å². The largest absolute Gasteiger partial charge is 0.396 e. The number of aliphatic hydroxyl groups is 2. The molecule has 0 saturated heterocycles. The summed E-state index contributed by atoms with van der Waals surface area (Å²) >= 11 is 0. The topological polar surface area (TPSA) is 124 Å². The Labute approximate surface area is 186 Å². The van der Waals surface area contributed by atoms with Crippen LogP contribution in [0, 0.1) is 39.9 Å². The van der Waals surface area contributed by atoms with Gasteiger partial charge in [-0.15, -0.1) is 0 Å². The van der Waals surface area contributed by atoms with Crippen molar-refractivity contribution in [3.8, 4) is 0 Å². The number of hydrogen-bond donors (Lipinski definition) is 5. The lowest BCUT2D eigenvalue weighted by molar-refractivity contribution is -0.206. The molecule has 6 N–H and O–H groups in total. The molecular weight excluding hydrogens is 392 g/mol. The van der Waals surface area contributed by atoms with Crippen LogP contribution in [0.2, 0.25) is 0 Å². The third kappa shape index (κ3) is 3.86. The Kier molecular flexibility index (Phi) is 6.29. The molecule has 0 bridgehead atoms. The van der Waals surface area contributed by atoms with Crippen LogP contribution in [0.15, 0.2) is 5.16 Å². The molecule has 0 radical (unpaired) electrons. The van der Waals surface area contributed by atoms with E-state index in [9.17, 15) is 10.2 Å². The average Bonchev–Trinajstić information content (AvgIpc) is 2.99. The molecule has 4 rings (SSSR count). The maximum absolute atomic E-state index is 12.1. The van der Waals surface area contributed by atoms with Crippen LogP contribution in [-0.2, 0) is 4.84 Å². The first-order valence-electron chi connectivity index (χ1n) is 12.3. The summed E-state index contributed by atoms with van der Waals surface area (Å²) in [5, 5.41) is 36.5. The number of rotatable bonds is 6. The molecule has 0 aliphatic heterocycles. The number of aliphatic hydroxyl groups excluding tert-OH is 1. The van der Waals surface area contributed by atoms with Crippen LogP contribution in [0.5, 0.6) is 0 Å². The molecule has 4 saturated carbocycles. The fraction of sp³-hybridized carbons (Fsp3) is 0.917. The molecule has 0 aromatic rings. The molecule has 0 amide bonds. The summed E-state index contributed by atoms with van der Waals surface area (Å²) in [4.78, 5) is 5.45. The van der Waals surface area contributed by atoms with Crippen molar-refractivity contribution in [3.63, 3.8) is 0 Å². The smallest absolute Gasteiger partial charge is 0.185 e. The predicted molar refractivity (Wildman–Crippen MR) is 122 cm³/mol. The number of nitrogens with two attached hydrogens (primary N) is 1. The molecule has 4 aliphatic rings. The van der Waals surface area contributed by atoms with E-state index in [1.54, 1.807) is 0 Å². The second kappa shape index (κ2) is 8.54. The summed E-state index contributed by atoms with van der Waals surface area (Å²) in [6, 6.07) is 0. The standard InChI is InChI=1S/C24H42N4O3/c1-22-9-7-18(29)14-16(22)4-5-20-19(22)8-10-23(2)17(6-11-24(20,23)30)15-28-31-13-3-12-27-21(25)26/h15-20,29-30H,3-14H2,1-2H3,(H4,25,26,27)/b28-15+/t16?,17?,18?,19-,20-,22+,23-,24-/m1/s1. The van der Waals surface area contributed by atoms with E-state index in [2.05, 4.69) is 24.3 Å². The van der Waals surface area contributed by atoms with Crippen LogP contribution < -0.4 is 11.1 Å². The van der Waals surface area contributed by atoms with E-state index in [0.717, 1.165) is 57.8 Å². The number of guanidine groups is 1. The van der Waals surface area contributed by atoms with Crippen molar-refractivity contribution >= 4 is 12.2 Å². The molecule has 7 heteroatoms. The summed E-state index contributed by atoms with van der Waals surface area (Å²) in [5.41, 5.74) is 4.77. The molecule has 7 nitrogen and oxygen atoms in total. The molecule has 3 unspecified atom stereocenters. The number of hydrogen-bond acceptors (Lipinski definition) is 5. The maximum atomic E-state index is 12.1. The fourth-order valence-electron chi connectivity index (χ4n) is 8.01. The van der Waals surface area contributed by atoms with Gasteiger partial charge in [-0.2, -0.15) is 0 Å². The summed E-state index contributed by atoms with van der Waals surface area (Å²) in [7, 11) is 0. The Morgan fingerprint density at radius 2 is 1.97 bits per heavy atom. The highest BCUT2D eigenvalue weighted by molar-refractivity contribution is 5.74. The lowest BCUT2D eigenvalue weighted by Gasteiger charge is -2.63. The van der Waals surface area contributed by atoms with Gasteiger partial charge in [-0.1, -0.05) is 19.0 Å². The van der Waals surface area contributed by atoms with Gasteiger partial charge >= 0.3 is 0 Å². The van der Waals surface area contributed by atoms with Gasteiger partial charge in [-0.3, -0.25) is 5.41 Å². The van der Waals surface area contributed by atoms with Crippen LogP contribution >= 0.6 is 0 Å². The maximum Gasteiger partial charge on any atom is 0.185 e. The molecule has 4 fully saturated rings. The van der Waals surface area contributed by atoms with Crippen LogP contribution in [-0.4, -0.2) is 47.2 Å². The Morgan fingerprint density at radius 3 is 2.74 bits per heavy atom. The third-order valence-corrected chi connectivity index (χ3v) is 9.94. The van der Waals surface area contributed by atoms with Gasteiger partial charge in [0.1, 0.15) is 6.61 Å². The monoisotopic (exact) mass is 434 g/mol. The summed E-state index contributed by atoms with van der Waals surface area (Å²) in [6.07, 6.45) is 11.8. The van der Waals surface area contributed by atoms with Crippen molar-refractivity contribution in [1.82, 2.24) is 5.32 Å². The van der Waals surface area contributed by atoms with Crippen LogP contribution in [0.4, 0.5) is 0 Å². The Balaban J connectivity index is 1.40. The Hall–Kier alpha value is -1.34. The molecular formula is C24H42N4O3. The molecule has 4 aliphatic carbocycles. The van der Waals surface area contributed by atoms with Gasteiger partial charge in [0.25, 0.3) is 0 Å². The summed E-state index contributed by atoms with van der Waals surface area (Å²) in [6.45, 7) is 5.82. The van der Waals surface area contributed by atoms with E-state index in [-0.39, 0.29) is 28.8 Å². The Morgan fingerprint density at radius 1 is 1.16 bits per heavy atom. The van der Waals surface area contributed by atoms with Crippen molar-refractivity contribution in [3.05, 3.63) is 0 Å². The quantitative estimate of drug-likeness (QED) is 0.190. The third-order valence-electron chi connectivity index (χ3n) is 9.94. The van der Waals surface area contributed by atoms with E-state index in [1.807, 2.05) is 6.21 Å². The first-order valence-corrected chi connectivity index (χ1v) is 12.3. The number of fused-ring (bicyclic) bond motifs is 5.